The number of carbonyl (C=O) groups excluding carboxylic acids is 2. The van der Waals surface area contributed by atoms with Crippen molar-refractivity contribution in [2.24, 2.45) is 0 Å². The van der Waals surface area contributed by atoms with Gasteiger partial charge in [-0.25, -0.2) is 0 Å². The molecule has 7 heteroatoms. The molecular weight excluding hydrogens is 334 g/mol. The van der Waals surface area contributed by atoms with Crippen molar-refractivity contribution in [3.8, 4) is 5.75 Å². The zero-order valence-corrected chi connectivity index (χ0v) is 15.9. The van der Waals surface area contributed by atoms with E-state index in [4.69, 9.17) is 9.47 Å². The Morgan fingerprint density at radius 1 is 1.27 bits per heavy atom. The third-order valence-electron chi connectivity index (χ3n) is 4.59. The highest BCUT2D eigenvalue weighted by molar-refractivity contribution is 5.86. The van der Waals surface area contributed by atoms with Crippen LogP contribution in [0.5, 0.6) is 5.75 Å². The van der Waals surface area contributed by atoms with Crippen molar-refractivity contribution in [3.63, 3.8) is 0 Å². The van der Waals surface area contributed by atoms with Crippen LogP contribution in [0.1, 0.15) is 19.4 Å². The molecule has 2 rings (SSSR count). The lowest BCUT2D eigenvalue weighted by molar-refractivity contribution is -0.139. The summed E-state index contributed by atoms with van der Waals surface area (Å²) >= 11 is 0. The Morgan fingerprint density at radius 3 is 2.50 bits per heavy atom. The Balaban J connectivity index is 1.86. The van der Waals surface area contributed by atoms with Gasteiger partial charge < -0.3 is 19.7 Å². The van der Waals surface area contributed by atoms with E-state index in [1.807, 2.05) is 24.3 Å². The monoisotopic (exact) mass is 363 g/mol. The molecule has 1 saturated heterocycles. The van der Waals surface area contributed by atoms with Gasteiger partial charge in [0.15, 0.2) is 0 Å². The van der Waals surface area contributed by atoms with Crippen LogP contribution in [0.3, 0.4) is 0 Å². The molecular formula is C19H29N3O4. The van der Waals surface area contributed by atoms with E-state index in [0.29, 0.717) is 13.1 Å². The van der Waals surface area contributed by atoms with Crippen molar-refractivity contribution in [3.05, 3.63) is 29.8 Å². The molecule has 0 aliphatic carbocycles. The number of morpholine rings is 1. The lowest BCUT2D eigenvalue weighted by Gasteiger charge is -2.29. The Hall–Kier alpha value is -2.12. The van der Waals surface area contributed by atoms with Crippen LogP contribution < -0.4 is 10.1 Å². The molecule has 2 amide bonds. The lowest BCUT2D eigenvalue weighted by atomic mass is 10.1. The van der Waals surface area contributed by atoms with E-state index in [1.54, 1.807) is 18.9 Å². The highest BCUT2D eigenvalue weighted by Gasteiger charge is 2.23. The van der Waals surface area contributed by atoms with Gasteiger partial charge >= 0.3 is 0 Å². The van der Waals surface area contributed by atoms with E-state index in [2.05, 4.69) is 10.2 Å². The molecule has 1 N–H and O–H groups in total. The van der Waals surface area contributed by atoms with E-state index >= 15 is 0 Å². The molecule has 1 atom stereocenters. The van der Waals surface area contributed by atoms with Crippen LogP contribution in [0.15, 0.2) is 24.3 Å². The number of ether oxygens (including phenoxy) is 2. The summed E-state index contributed by atoms with van der Waals surface area (Å²) in [6, 6.07) is 6.97. The third-order valence-corrected chi connectivity index (χ3v) is 4.59. The topological polar surface area (TPSA) is 71.1 Å². The maximum atomic E-state index is 12.5. The number of amides is 2. The van der Waals surface area contributed by atoms with Gasteiger partial charge in [0.2, 0.25) is 11.8 Å². The minimum Gasteiger partial charge on any atom is -0.497 e. The Kier molecular flexibility index (Phi) is 7.87. The maximum Gasteiger partial charge on any atom is 0.242 e. The largest absolute Gasteiger partial charge is 0.497 e. The third kappa shape index (κ3) is 6.00. The highest BCUT2D eigenvalue weighted by Crippen LogP contribution is 2.14. The van der Waals surface area contributed by atoms with Crippen LogP contribution in [0.4, 0.5) is 0 Å². The zero-order chi connectivity index (χ0) is 18.9. The minimum absolute atomic E-state index is 0.128. The van der Waals surface area contributed by atoms with Gasteiger partial charge in [-0.3, -0.25) is 14.5 Å². The van der Waals surface area contributed by atoms with Crippen LogP contribution in [0.2, 0.25) is 0 Å². The standard InChI is InChI=1S/C19H29N3O4/c1-15(19(24)20-8-9-21-10-12-26-13-11-21)22(16(2)23)14-17-4-6-18(25-3)7-5-17/h4-7,15H,8-14H2,1-3H3,(H,20,24)/t15-/m0/s1. The summed E-state index contributed by atoms with van der Waals surface area (Å²) in [5.74, 6) is 0.496. The molecule has 1 aromatic rings. The molecule has 144 valence electrons. The Labute approximate surface area is 155 Å². The quantitative estimate of drug-likeness (QED) is 0.742. The van der Waals surface area contributed by atoms with Crippen LogP contribution in [0.25, 0.3) is 0 Å². The van der Waals surface area contributed by atoms with Gasteiger partial charge in [-0.2, -0.15) is 0 Å². The van der Waals surface area contributed by atoms with Crippen molar-refractivity contribution < 1.29 is 19.1 Å². The summed E-state index contributed by atoms with van der Waals surface area (Å²) in [7, 11) is 1.61. The second-order valence-corrected chi connectivity index (χ2v) is 6.42. The van der Waals surface area contributed by atoms with E-state index in [9.17, 15) is 9.59 Å². The van der Waals surface area contributed by atoms with Gasteiger partial charge in [0, 0.05) is 39.6 Å². The predicted octanol–water partition coefficient (Wildman–Crippen LogP) is 0.881. The van der Waals surface area contributed by atoms with E-state index in [-0.39, 0.29) is 11.8 Å². The fourth-order valence-electron chi connectivity index (χ4n) is 2.90. The second-order valence-electron chi connectivity index (χ2n) is 6.42. The molecule has 1 fully saturated rings. The summed E-state index contributed by atoms with van der Waals surface area (Å²) in [6.07, 6.45) is 0. The van der Waals surface area contributed by atoms with Gasteiger partial charge in [-0.05, 0) is 24.6 Å². The van der Waals surface area contributed by atoms with Crippen LogP contribution >= 0.6 is 0 Å². The fraction of sp³-hybridized carbons (Fsp3) is 0.579. The molecule has 1 aliphatic heterocycles. The molecule has 1 heterocycles. The number of carbonyl (C=O) groups is 2. The predicted molar refractivity (Wildman–Crippen MR) is 98.9 cm³/mol. The minimum atomic E-state index is -0.528. The van der Waals surface area contributed by atoms with E-state index in [0.717, 1.165) is 44.2 Å². The Bertz CT molecular complexity index is 585. The summed E-state index contributed by atoms with van der Waals surface area (Å²) in [6.45, 7) is 8.25. The highest BCUT2D eigenvalue weighted by atomic mass is 16.5. The molecule has 26 heavy (non-hydrogen) atoms. The number of benzene rings is 1. The number of rotatable bonds is 8. The fourth-order valence-corrected chi connectivity index (χ4v) is 2.90. The smallest absolute Gasteiger partial charge is 0.242 e. The zero-order valence-electron chi connectivity index (χ0n) is 15.9. The first kappa shape index (κ1) is 20.2. The van der Waals surface area contributed by atoms with Gasteiger partial charge in [0.25, 0.3) is 0 Å². The van der Waals surface area contributed by atoms with Crippen LogP contribution in [-0.2, 0) is 20.9 Å². The number of hydrogen-bond donors (Lipinski definition) is 1. The van der Waals surface area contributed by atoms with Crippen LogP contribution in [0, 0.1) is 0 Å². The first-order valence-electron chi connectivity index (χ1n) is 8.99. The normalized spacial score (nSPS) is 16.0. The summed E-state index contributed by atoms with van der Waals surface area (Å²) < 4.78 is 10.5. The molecule has 1 aromatic carbocycles. The number of methoxy groups -OCH3 is 1. The lowest BCUT2D eigenvalue weighted by Crippen LogP contribution is -2.49. The molecule has 0 bridgehead atoms. The van der Waals surface area contributed by atoms with Gasteiger partial charge in [-0.15, -0.1) is 0 Å². The van der Waals surface area contributed by atoms with Crippen molar-refractivity contribution in [2.45, 2.75) is 26.4 Å². The number of hydrogen-bond acceptors (Lipinski definition) is 5. The van der Waals surface area contributed by atoms with E-state index < -0.39 is 6.04 Å². The van der Waals surface area contributed by atoms with Crippen molar-refractivity contribution in [1.29, 1.82) is 0 Å². The second kappa shape index (κ2) is 10.1. The first-order chi connectivity index (χ1) is 12.5. The molecule has 0 unspecified atom stereocenters. The van der Waals surface area contributed by atoms with Gasteiger partial charge in [-0.1, -0.05) is 12.1 Å². The Morgan fingerprint density at radius 2 is 1.92 bits per heavy atom. The maximum absolute atomic E-state index is 12.5. The molecule has 0 radical (unpaired) electrons. The average molecular weight is 363 g/mol. The molecule has 0 aromatic heterocycles. The molecule has 7 nitrogen and oxygen atoms in total. The van der Waals surface area contributed by atoms with Crippen molar-refractivity contribution >= 4 is 11.8 Å². The van der Waals surface area contributed by atoms with E-state index in [1.165, 1.54) is 6.92 Å². The molecule has 0 saturated carbocycles. The van der Waals surface area contributed by atoms with Gasteiger partial charge in [0.05, 0.1) is 20.3 Å². The summed E-state index contributed by atoms with van der Waals surface area (Å²) in [5.41, 5.74) is 0.953. The first-order valence-corrected chi connectivity index (χ1v) is 8.99. The number of nitrogens with zero attached hydrogens (tertiary/aromatic N) is 2. The summed E-state index contributed by atoms with van der Waals surface area (Å²) in [5, 5.41) is 2.93. The van der Waals surface area contributed by atoms with Crippen molar-refractivity contribution in [2.75, 3.05) is 46.5 Å². The average Bonchev–Trinajstić information content (AvgIpc) is 2.66. The number of nitrogens with one attached hydrogen (secondary N) is 1. The van der Waals surface area contributed by atoms with Crippen molar-refractivity contribution in [1.82, 2.24) is 15.1 Å². The molecule has 1 aliphatic rings. The summed E-state index contributed by atoms with van der Waals surface area (Å²) in [4.78, 5) is 28.3. The molecule has 0 spiro atoms. The van der Waals surface area contributed by atoms with Crippen LogP contribution in [-0.4, -0.2) is 74.2 Å². The van der Waals surface area contributed by atoms with Gasteiger partial charge in [0.1, 0.15) is 11.8 Å². The SMILES string of the molecule is COc1ccc(CN(C(C)=O)[C@@H](C)C(=O)NCCN2CCOCC2)cc1.